The molecule has 2 rings (SSSR count). The molecule has 112 valence electrons. The Labute approximate surface area is 122 Å². The minimum absolute atomic E-state index is 0.0437. The molecule has 2 aromatic heterocycles. The van der Waals surface area contributed by atoms with Gasteiger partial charge in [0.1, 0.15) is 5.69 Å². The van der Waals surface area contributed by atoms with Gasteiger partial charge in [-0.3, -0.25) is 4.79 Å². The summed E-state index contributed by atoms with van der Waals surface area (Å²) in [6.45, 7) is 5.87. The molecule has 0 aromatic carbocycles. The number of anilines is 1. The molecule has 0 aliphatic rings. The first kappa shape index (κ1) is 15.0. The molecule has 21 heavy (non-hydrogen) atoms. The van der Waals surface area contributed by atoms with Crippen molar-refractivity contribution < 1.29 is 14.2 Å². The zero-order valence-corrected chi connectivity index (χ0v) is 12.3. The van der Waals surface area contributed by atoms with Gasteiger partial charge in [0.05, 0.1) is 6.10 Å². The summed E-state index contributed by atoms with van der Waals surface area (Å²) in [5.74, 6) is 0.450. The van der Waals surface area contributed by atoms with Crippen LogP contribution in [0.5, 0.6) is 5.88 Å². The van der Waals surface area contributed by atoms with Crippen molar-refractivity contribution in [1.29, 1.82) is 0 Å². The van der Waals surface area contributed by atoms with Crippen LogP contribution >= 0.6 is 0 Å². The van der Waals surface area contributed by atoms with E-state index in [1.54, 1.807) is 12.1 Å². The van der Waals surface area contributed by atoms with E-state index >= 15 is 0 Å². The molecule has 2 aromatic rings. The molecule has 2 heterocycles. The Bertz CT molecular complexity index is 612. The summed E-state index contributed by atoms with van der Waals surface area (Å²) in [5.41, 5.74) is 1.04. The maximum absolute atomic E-state index is 12.2. The highest BCUT2D eigenvalue weighted by Crippen LogP contribution is 2.15. The molecule has 0 spiro atoms. The van der Waals surface area contributed by atoms with Gasteiger partial charge in [-0.15, -0.1) is 0 Å². The third-order valence-corrected chi connectivity index (χ3v) is 3.02. The van der Waals surface area contributed by atoms with Gasteiger partial charge in [0, 0.05) is 17.8 Å². The first-order chi connectivity index (χ1) is 10.1. The number of pyridine rings is 1. The van der Waals surface area contributed by atoms with Gasteiger partial charge in [-0.05, 0) is 31.0 Å². The number of hydrogen-bond acceptors (Lipinski definition) is 6. The quantitative estimate of drug-likeness (QED) is 0.878. The van der Waals surface area contributed by atoms with E-state index < -0.39 is 0 Å². The van der Waals surface area contributed by atoms with Crippen LogP contribution in [0.4, 0.5) is 5.82 Å². The van der Waals surface area contributed by atoms with Gasteiger partial charge in [0.25, 0.3) is 5.91 Å². The van der Waals surface area contributed by atoms with Crippen molar-refractivity contribution >= 4 is 11.7 Å². The van der Waals surface area contributed by atoms with Gasteiger partial charge >= 0.3 is 0 Å². The van der Waals surface area contributed by atoms with Crippen molar-refractivity contribution in [2.45, 2.75) is 39.7 Å². The van der Waals surface area contributed by atoms with Crippen LogP contribution in [-0.2, 0) is 6.42 Å². The lowest BCUT2D eigenvalue weighted by atomic mass is 10.2. The molecule has 7 nitrogen and oxygen atoms in total. The van der Waals surface area contributed by atoms with Gasteiger partial charge in [0.15, 0.2) is 0 Å². The number of rotatable bonds is 6. The molecular weight excluding hydrogens is 272 g/mol. The van der Waals surface area contributed by atoms with Gasteiger partial charge in [-0.2, -0.15) is 0 Å². The van der Waals surface area contributed by atoms with E-state index in [0.717, 1.165) is 6.42 Å². The number of ether oxygens (including phenoxy) is 1. The molecule has 0 saturated carbocycles. The molecule has 0 bridgehead atoms. The van der Waals surface area contributed by atoms with Crippen molar-refractivity contribution in [3.63, 3.8) is 0 Å². The fraction of sp³-hybridized carbons (Fsp3) is 0.429. The molecule has 1 atom stereocenters. The monoisotopic (exact) mass is 290 g/mol. The van der Waals surface area contributed by atoms with Crippen LogP contribution in [0, 0.1) is 0 Å². The van der Waals surface area contributed by atoms with Crippen molar-refractivity contribution in [1.82, 2.24) is 15.3 Å². The summed E-state index contributed by atoms with van der Waals surface area (Å²) in [7, 11) is 0. The Hall–Kier alpha value is -2.44. The second-order valence-corrected chi connectivity index (χ2v) is 4.59. The highest BCUT2D eigenvalue weighted by Gasteiger charge is 2.14. The maximum Gasteiger partial charge on any atom is 0.257 e. The molecule has 1 amide bonds. The van der Waals surface area contributed by atoms with Crippen LogP contribution in [0.25, 0.3) is 0 Å². The molecule has 0 radical (unpaired) electrons. The fourth-order valence-corrected chi connectivity index (χ4v) is 1.62. The second-order valence-electron chi connectivity index (χ2n) is 4.59. The topological polar surface area (TPSA) is 90.1 Å². The highest BCUT2D eigenvalue weighted by molar-refractivity contribution is 6.04. The number of hydrogen-bond donors (Lipinski definition) is 1. The normalized spacial score (nSPS) is 12.0. The molecule has 0 aliphatic carbocycles. The minimum atomic E-state index is -0.309. The zero-order chi connectivity index (χ0) is 15.2. The number of carbonyl (C=O) groups is 1. The van der Waals surface area contributed by atoms with E-state index in [1.165, 1.54) is 6.20 Å². The molecule has 0 aliphatic heterocycles. The summed E-state index contributed by atoms with van der Waals surface area (Å²) >= 11 is 0. The van der Waals surface area contributed by atoms with E-state index in [4.69, 9.17) is 4.74 Å². The number of carbonyl (C=O) groups excluding carboxylic acids is 1. The largest absolute Gasteiger partial charge is 0.475 e. The standard InChI is InChI=1S/C14H18N4O3/c1-4-9(3)20-12-8-10(6-7-15-12)14(19)16-13-11(5-2)17-21-18-13/h6-9H,4-5H2,1-3H3,(H,16,18,19)/t9-/m0/s1. The predicted molar refractivity (Wildman–Crippen MR) is 76.2 cm³/mol. The number of nitrogens with one attached hydrogen (secondary N) is 1. The molecular formula is C14H18N4O3. The van der Waals surface area contributed by atoms with E-state index in [-0.39, 0.29) is 12.0 Å². The van der Waals surface area contributed by atoms with Gasteiger partial charge in [0.2, 0.25) is 11.7 Å². The van der Waals surface area contributed by atoms with Crippen LogP contribution in [0.2, 0.25) is 0 Å². The highest BCUT2D eigenvalue weighted by atomic mass is 16.6. The number of aromatic nitrogens is 3. The minimum Gasteiger partial charge on any atom is -0.475 e. The number of aryl methyl sites for hydroxylation is 1. The van der Waals surface area contributed by atoms with Crippen molar-refractivity contribution in [3.05, 3.63) is 29.6 Å². The van der Waals surface area contributed by atoms with Crippen molar-refractivity contribution in [2.24, 2.45) is 0 Å². The van der Waals surface area contributed by atoms with Gasteiger partial charge in [-0.1, -0.05) is 19.0 Å². The first-order valence-electron chi connectivity index (χ1n) is 6.89. The van der Waals surface area contributed by atoms with Crippen LogP contribution in [0.15, 0.2) is 23.0 Å². The number of amides is 1. The Balaban J connectivity index is 2.10. The van der Waals surface area contributed by atoms with Crippen LogP contribution in [-0.4, -0.2) is 27.3 Å². The summed E-state index contributed by atoms with van der Waals surface area (Å²) in [4.78, 5) is 16.3. The summed E-state index contributed by atoms with van der Waals surface area (Å²) in [5, 5.41) is 10.0. The third-order valence-electron chi connectivity index (χ3n) is 3.02. The van der Waals surface area contributed by atoms with Crippen LogP contribution in [0.1, 0.15) is 43.2 Å². The Morgan fingerprint density at radius 3 is 2.95 bits per heavy atom. The average molecular weight is 290 g/mol. The molecule has 0 saturated heterocycles. The molecule has 0 unspecified atom stereocenters. The molecule has 0 fully saturated rings. The van der Waals surface area contributed by atoms with Crippen molar-refractivity contribution in [2.75, 3.05) is 5.32 Å². The summed E-state index contributed by atoms with van der Waals surface area (Å²) in [6.07, 6.45) is 3.07. The van der Waals surface area contributed by atoms with E-state index in [9.17, 15) is 4.79 Å². The van der Waals surface area contributed by atoms with E-state index in [0.29, 0.717) is 29.4 Å². The van der Waals surface area contributed by atoms with Crippen molar-refractivity contribution in [3.8, 4) is 5.88 Å². The van der Waals surface area contributed by atoms with E-state index in [2.05, 4.69) is 25.2 Å². The summed E-state index contributed by atoms with van der Waals surface area (Å²) < 4.78 is 10.2. The maximum atomic E-state index is 12.2. The van der Waals surface area contributed by atoms with Gasteiger partial charge in [-0.25, -0.2) is 9.61 Å². The predicted octanol–water partition coefficient (Wildman–Crippen LogP) is 2.46. The second kappa shape index (κ2) is 6.83. The lowest BCUT2D eigenvalue weighted by molar-refractivity contribution is 0.102. The molecule has 1 N–H and O–H groups in total. The lowest BCUT2D eigenvalue weighted by Crippen LogP contribution is -2.15. The van der Waals surface area contributed by atoms with Crippen LogP contribution < -0.4 is 10.1 Å². The Morgan fingerprint density at radius 1 is 1.43 bits per heavy atom. The first-order valence-corrected chi connectivity index (χ1v) is 6.89. The fourth-order valence-electron chi connectivity index (χ4n) is 1.62. The van der Waals surface area contributed by atoms with Gasteiger partial charge < -0.3 is 10.1 Å². The average Bonchev–Trinajstić information content (AvgIpc) is 2.94. The molecule has 7 heteroatoms. The SMILES string of the molecule is CCc1nonc1NC(=O)c1ccnc(O[C@@H](C)CC)c1. The van der Waals surface area contributed by atoms with E-state index in [1.807, 2.05) is 20.8 Å². The van der Waals surface area contributed by atoms with Crippen LogP contribution in [0.3, 0.4) is 0 Å². The zero-order valence-electron chi connectivity index (χ0n) is 12.3. The third kappa shape index (κ3) is 3.77. The summed E-state index contributed by atoms with van der Waals surface area (Å²) in [6, 6.07) is 3.21. The smallest absolute Gasteiger partial charge is 0.257 e. The Morgan fingerprint density at radius 2 is 2.24 bits per heavy atom. The lowest BCUT2D eigenvalue weighted by Gasteiger charge is -2.11. The number of nitrogens with zero attached hydrogens (tertiary/aromatic N) is 3. The Kier molecular flexibility index (Phi) is 4.86.